The van der Waals surface area contributed by atoms with Gasteiger partial charge in [0.15, 0.2) is 11.9 Å². The van der Waals surface area contributed by atoms with Crippen molar-refractivity contribution in [2.45, 2.75) is 19.2 Å². The number of aromatic nitrogens is 4. The summed E-state index contributed by atoms with van der Waals surface area (Å²) < 4.78 is 5.90. The molecule has 1 atom stereocenters. The molecule has 0 fully saturated rings. The molecule has 3 heterocycles. The number of carbonyl (C=O) groups is 2. The number of allylic oxidation sites excluding steroid dienone is 3. The van der Waals surface area contributed by atoms with Crippen LogP contribution in [0.1, 0.15) is 43.0 Å². The van der Waals surface area contributed by atoms with Gasteiger partial charge >= 0.3 is 0 Å². The van der Waals surface area contributed by atoms with Crippen LogP contribution < -0.4 is 25.9 Å². The maximum atomic E-state index is 13.6. The molecule has 4 N–H and O–H groups in total. The van der Waals surface area contributed by atoms with Crippen molar-refractivity contribution in [1.29, 1.82) is 0 Å². The lowest BCUT2D eigenvalue weighted by molar-refractivity contribution is 0.0950. The van der Waals surface area contributed by atoms with Crippen LogP contribution in [0.15, 0.2) is 96.0 Å². The molecule has 1 aliphatic heterocycles. The number of likely N-dealkylation sites (N-methyl/N-ethyl adjacent to an activating group) is 1. The Bertz CT molecular complexity index is 2220. The molecule has 0 saturated heterocycles. The summed E-state index contributed by atoms with van der Waals surface area (Å²) in [6.07, 6.45) is 9.04. The van der Waals surface area contributed by atoms with Crippen molar-refractivity contribution in [3.63, 3.8) is 0 Å². The number of hydrogen-bond donors (Lipinski definition) is 3. The number of rotatable bonds is 10. The van der Waals surface area contributed by atoms with E-state index in [1.165, 1.54) is 16.7 Å². The summed E-state index contributed by atoms with van der Waals surface area (Å²) in [6, 6.07) is 19.7. The Hall–Kier alpha value is -5.85. The third-order valence-corrected chi connectivity index (χ3v) is 10.2. The molecule has 2 radical (unpaired) electrons. The van der Waals surface area contributed by atoms with Crippen LogP contribution in [0.4, 0.5) is 11.6 Å². The SMILES string of the molecule is CN(C)c1ccc2c(c1)[Si]C1=CC(N(C)C)C=CC1=C2c1cc(C(=O)NCc2ccc(COc3nc(N)nc4nc[nH]c34)cc2)ccc1C=O. The van der Waals surface area contributed by atoms with E-state index in [4.69, 9.17) is 10.5 Å². The summed E-state index contributed by atoms with van der Waals surface area (Å²) in [5.74, 6) is 0.192. The van der Waals surface area contributed by atoms with E-state index >= 15 is 0 Å². The molecule has 0 spiro atoms. The van der Waals surface area contributed by atoms with Crippen LogP contribution in [0, 0.1) is 0 Å². The maximum Gasteiger partial charge on any atom is 0.251 e. The van der Waals surface area contributed by atoms with Crippen molar-refractivity contribution >= 4 is 55.3 Å². The van der Waals surface area contributed by atoms with E-state index in [0.717, 1.165) is 45.4 Å². The van der Waals surface area contributed by atoms with Gasteiger partial charge in [0.2, 0.25) is 11.8 Å². The van der Waals surface area contributed by atoms with Crippen LogP contribution in [0.25, 0.3) is 16.7 Å². The molecule has 0 bridgehead atoms. The Kier molecular flexibility index (Phi) is 8.87. The molecule has 2 aromatic heterocycles. The number of anilines is 2. The van der Waals surface area contributed by atoms with Gasteiger partial charge in [0, 0.05) is 43.5 Å². The van der Waals surface area contributed by atoms with Gasteiger partial charge < -0.3 is 25.7 Å². The molecular weight excluding hydrogens is 645 g/mol. The second-order valence-corrected chi connectivity index (χ2v) is 14.0. The Morgan fingerprint density at radius 3 is 2.58 bits per heavy atom. The zero-order valence-corrected chi connectivity index (χ0v) is 29.2. The smallest absolute Gasteiger partial charge is 0.251 e. The van der Waals surface area contributed by atoms with Crippen LogP contribution >= 0.6 is 0 Å². The van der Waals surface area contributed by atoms with E-state index in [1.807, 2.05) is 44.4 Å². The van der Waals surface area contributed by atoms with E-state index in [9.17, 15) is 9.59 Å². The number of nitrogen functional groups attached to an aromatic ring is 1. The molecule has 0 saturated carbocycles. The van der Waals surface area contributed by atoms with Crippen LogP contribution in [-0.4, -0.2) is 80.8 Å². The first-order valence-electron chi connectivity index (χ1n) is 16.1. The second-order valence-electron chi connectivity index (χ2n) is 12.6. The number of benzene rings is 3. The number of carbonyl (C=O) groups excluding carboxylic acids is 2. The standard InChI is InChI=1S/C38H36N8O3Si/c1-45(2)26-11-13-28-31(16-26)50-32-17-27(46(3)4)12-14-29(32)33(28)30-15-24(9-10-25(30)19-47)36(48)40-18-22-5-7-23(8-6-22)20-49-37-34-35(42-21-41-34)43-38(39)44-37/h5-17,19,21,26H,18,20H2,1-4H3,(H,40,48)(H3,39,41,42,43,44). The zero-order chi connectivity index (χ0) is 34.9. The number of ether oxygens (including phenoxy) is 1. The number of amides is 1. The predicted molar refractivity (Wildman–Crippen MR) is 197 cm³/mol. The summed E-state index contributed by atoms with van der Waals surface area (Å²) in [4.78, 5) is 45.6. The summed E-state index contributed by atoms with van der Waals surface area (Å²) in [7, 11) is 8.68. The average molecular weight is 681 g/mol. The largest absolute Gasteiger partial charge is 0.471 e. The third-order valence-electron chi connectivity index (χ3n) is 8.84. The number of nitrogens with two attached hydrogens (primary N) is 1. The Balaban J connectivity index is 1.12. The molecule has 1 aliphatic carbocycles. The lowest BCUT2D eigenvalue weighted by Crippen LogP contribution is -2.33. The van der Waals surface area contributed by atoms with E-state index in [1.54, 1.807) is 12.1 Å². The molecule has 11 nitrogen and oxygen atoms in total. The molecule has 7 rings (SSSR count). The molecule has 3 aromatic carbocycles. The normalized spacial score (nSPS) is 15.1. The number of fused-ring (bicyclic) bond motifs is 3. The van der Waals surface area contributed by atoms with Crippen molar-refractivity contribution in [1.82, 2.24) is 30.2 Å². The first kappa shape index (κ1) is 32.7. The van der Waals surface area contributed by atoms with E-state index in [2.05, 4.69) is 85.6 Å². The second kappa shape index (κ2) is 13.6. The Labute approximate surface area is 292 Å². The van der Waals surface area contributed by atoms with Gasteiger partial charge in [-0.3, -0.25) is 14.5 Å². The van der Waals surface area contributed by atoms with E-state index in [-0.39, 0.29) is 24.5 Å². The molecule has 1 amide bonds. The number of hydrogen-bond acceptors (Lipinski definition) is 9. The first-order valence-corrected chi connectivity index (χ1v) is 17.1. The molecule has 5 aromatic rings. The first-order chi connectivity index (χ1) is 24.2. The highest BCUT2D eigenvalue weighted by Crippen LogP contribution is 2.38. The average Bonchev–Trinajstić information content (AvgIpc) is 3.60. The molecule has 1 unspecified atom stereocenters. The topological polar surface area (TPSA) is 142 Å². The fourth-order valence-electron chi connectivity index (χ4n) is 6.09. The highest BCUT2D eigenvalue weighted by atomic mass is 28.2. The molecule has 2 aliphatic rings. The summed E-state index contributed by atoms with van der Waals surface area (Å²) in [5, 5.41) is 5.50. The van der Waals surface area contributed by atoms with Gasteiger partial charge in [0.25, 0.3) is 5.91 Å². The maximum absolute atomic E-state index is 13.6. The Morgan fingerprint density at radius 1 is 1.02 bits per heavy atom. The van der Waals surface area contributed by atoms with Gasteiger partial charge in [-0.2, -0.15) is 9.97 Å². The summed E-state index contributed by atoms with van der Waals surface area (Å²) in [5.41, 5.74) is 14.7. The Morgan fingerprint density at radius 2 is 1.82 bits per heavy atom. The minimum Gasteiger partial charge on any atom is -0.471 e. The highest BCUT2D eigenvalue weighted by molar-refractivity contribution is 6.65. The molecule has 12 heteroatoms. The van der Waals surface area contributed by atoms with Crippen molar-refractivity contribution in [3.05, 3.63) is 129 Å². The quantitative estimate of drug-likeness (QED) is 0.148. The number of nitrogens with one attached hydrogen (secondary N) is 2. The van der Waals surface area contributed by atoms with Crippen molar-refractivity contribution in [3.8, 4) is 5.88 Å². The minimum absolute atomic E-state index is 0.0870. The van der Waals surface area contributed by atoms with Gasteiger partial charge in [-0.25, -0.2) is 4.98 Å². The zero-order valence-electron chi connectivity index (χ0n) is 28.2. The molecule has 50 heavy (non-hydrogen) atoms. The summed E-state index contributed by atoms with van der Waals surface area (Å²) in [6.45, 7) is 0.595. The van der Waals surface area contributed by atoms with Gasteiger partial charge in [-0.05, 0) is 76.9 Å². The van der Waals surface area contributed by atoms with E-state index in [0.29, 0.717) is 44.2 Å². The number of H-pyrrole nitrogens is 1. The van der Waals surface area contributed by atoms with Crippen LogP contribution in [0.5, 0.6) is 5.88 Å². The third kappa shape index (κ3) is 6.45. The molecule has 250 valence electrons. The number of imidazole rings is 1. The fourth-order valence-corrected chi connectivity index (χ4v) is 7.54. The monoisotopic (exact) mass is 680 g/mol. The van der Waals surface area contributed by atoms with Gasteiger partial charge in [-0.1, -0.05) is 59.8 Å². The van der Waals surface area contributed by atoms with Gasteiger partial charge in [0.1, 0.15) is 21.6 Å². The predicted octanol–water partition coefficient (Wildman–Crippen LogP) is 3.85. The number of nitrogens with zero attached hydrogens (tertiary/aromatic N) is 5. The van der Waals surface area contributed by atoms with Crippen LogP contribution in [-0.2, 0) is 13.2 Å². The highest BCUT2D eigenvalue weighted by Gasteiger charge is 2.28. The van der Waals surface area contributed by atoms with Crippen LogP contribution in [0.2, 0.25) is 0 Å². The van der Waals surface area contributed by atoms with Crippen molar-refractivity contribution < 1.29 is 14.3 Å². The van der Waals surface area contributed by atoms with Crippen molar-refractivity contribution in [2.24, 2.45) is 0 Å². The summed E-state index contributed by atoms with van der Waals surface area (Å²) >= 11 is 0. The minimum atomic E-state index is -0.227. The van der Waals surface area contributed by atoms with Gasteiger partial charge in [-0.15, -0.1) is 0 Å². The fraction of sp³-hybridized carbons (Fsp3) is 0.184. The van der Waals surface area contributed by atoms with Gasteiger partial charge in [0.05, 0.1) is 6.33 Å². The number of aromatic amines is 1. The lowest BCUT2D eigenvalue weighted by atomic mass is 9.86. The van der Waals surface area contributed by atoms with Crippen LogP contribution in [0.3, 0.4) is 0 Å². The number of aldehydes is 1. The molecular formula is C38H36N8O3Si. The van der Waals surface area contributed by atoms with E-state index < -0.39 is 0 Å². The van der Waals surface area contributed by atoms with Crippen molar-refractivity contribution in [2.75, 3.05) is 38.8 Å². The lowest BCUT2D eigenvalue weighted by Gasteiger charge is -2.31.